The quantitative estimate of drug-likeness (QED) is 0.239. The predicted molar refractivity (Wildman–Crippen MR) is 123 cm³/mol. The number of nitrogens with two attached hydrogens (primary N) is 1. The number of aryl methyl sites for hydroxylation is 2. The van der Waals surface area contributed by atoms with Gasteiger partial charge in [0.05, 0.1) is 23.5 Å². The summed E-state index contributed by atoms with van der Waals surface area (Å²) in [5, 5.41) is 25.8. The number of fused-ring (bicyclic) bond motifs is 1. The van der Waals surface area contributed by atoms with Crippen LogP contribution in [0.1, 0.15) is 28.9 Å². The molecule has 2 aromatic heterocycles. The lowest BCUT2D eigenvalue weighted by atomic mass is 10.0. The van der Waals surface area contributed by atoms with Crippen LogP contribution < -0.4 is 5.84 Å². The van der Waals surface area contributed by atoms with Crippen LogP contribution in [-0.2, 0) is 11.3 Å². The number of aromatic hydroxyl groups is 1. The average Bonchev–Trinajstić information content (AvgIpc) is 3.06. The highest BCUT2D eigenvalue weighted by atomic mass is 16.6. The molecule has 0 aliphatic carbocycles. The number of hydrogen-bond acceptors (Lipinski definition) is 9. The second-order valence-corrected chi connectivity index (χ2v) is 8.03. The zero-order valence-electron chi connectivity index (χ0n) is 18.7. The van der Waals surface area contributed by atoms with Crippen LogP contribution in [0.3, 0.4) is 0 Å². The maximum atomic E-state index is 11.3. The van der Waals surface area contributed by atoms with Gasteiger partial charge in [0.15, 0.2) is 5.75 Å². The highest BCUT2D eigenvalue weighted by Crippen LogP contribution is 2.31. The second kappa shape index (κ2) is 9.51. The van der Waals surface area contributed by atoms with Gasteiger partial charge in [-0.2, -0.15) is 5.10 Å². The molecule has 1 fully saturated rings. The lowest BCUT2D eigenvalue weighted by Crippen LogP contribution is -2.37. The molecule has 0 radical (unpaired) electrons. The van der Waals surface area contributed by atoms with Gasteiger partial charge in [0.2, 0.25) is 0 Å². The van der Waals surface area contributed by atoms with Crippen molar-refractivity contribution in [1.29, 1.82) is 0 Å². The third-order valence-electron chi connectivity index (χ3n) is 6.16. The Bertz CT molecular complexity index is 1220. The number of morpholine rings is 1. The van der Waals surface area contributed by atoms with Crippen LogP contribution in [-0.4, -0.2) is 68.0 Å². The van der Waals surface area contributed by atoms with E-state index in [1.807, 2.05) is 13.8 Å². The Morgan fingerprint density at radius 3 is 2.73 bits per heavy atom. The standard InChI is InChI=1S/C22H27N7O4/c1-14-15(2)28(7-3-6-27-8-10-33-11-9-27)22-19(14)21(24-13-25-22)20(26-23)16-4-5-18(30)17(12-16)29(31)32/h4-5,12-13,30H,3,6-11,23H2,1-2H3. The zero-order valence-corrected chi connectivity index (χ0v) is 18.7. The minimum Gasteiger partial charge on any atom is -0.502 e. The van der Waals surface area contributed by atoms with E-state index in [2.05, 4.69) is 24.5 Å². The van der Waals surface area contributed by atoms with Crippen molar-refractivity contribution >= 4 is 22.4 Å². The molecule has 1 aliphatic heterocycles. The fraction of sp³-hybridized carbons (Fsp3) is 0.409. The van der Waals surface area contributed by atoms with Crippen LogP contribution in [0.25, 0.3) is 11.0 Å². The Hall–Kier alpha value is -3.57. The molecule has 0 unspecified atom stereocenters. The number of benzene rings is 1. The number of aromatic nitrogens is 3. The molecule has 1 aliphatic rings. The normalized spacial score (nSPS) is 15.3. The molecule has 1 saturated heterocycles. The number of nitro groups is 1. The summed E-state index contributed by atoms with van der Waals surface area (Å²) in [5.74, 6) is 5.30. The Kier molecular flexibility index (Phi) is 6.52. The number of nitrogens with zero attached hydrogens (tertiary/aromatic N) is 6. The molecule has 174 valence electrons. The summed E-state index contributed by atoms with van der Waals surface area (Å²) in [7, 11) is 0. The molecule has 0 amide bonds. The largest absolute Gasteiger partial charge is 0.502 e. The van der Waals surface area contributed by atoms with Crippen molar-refractivity contribution in [2.45, 2.75) is 26.8 Å². The van der Waals surface area contributed by atoms with Gasteiger partial charge in [0.25, 0.3) is 0 Å². The number of nitro benzene ring substituents is 1. The second-order valence-electron chi connectivity index (χ2n) is 8.03. The lowest BCUT2D eigenvalue weighted by molar-refractivity contribution is -0.385. The van der Waals surface area contributed by atoms with E-state index in [1.54, 1.807) is 0 Å². The van der Waals surface area contributed by atoms with Gasteiger partial charge in [-0.1, -0.05) is 0 Å². The first-order chi connectivity index (χ1) is 15.9. The molecule has 3 aromatic rings. The highest BCUT2D eigenvalue weighted by Gasteiger charge is 2.23. The van der Waals surface area contributed by atoms with E-state index >= 15 is 0 Å². The third kappa shape index (κ3) is 4.37. The van der Waals surface area contributed by atoms with Crippen molar-refractivity contribution in [3.8, 4) is 5.75 Å². The summed E-state index contributed by atoms with van der Waals surface area (Å²) >= 11 is 0. The zero-order chi connectivity index (χ0) is 23.5. The van der Waals surface area contributed by atoms with Crippen LogP contribution in [0.2, 0.25) is 0 Å². The fourth-order valence-corrected chi connectivity index (χ4v) is 4.29. The van der Waals surface area contributed by atoms with E-state index < -0.39 is 16.4 Å². The summed E-state index contributed by atoms with van der Waals surface area (Å²) in [6, 6.07) is 4.03. The smallest absolute Gasteiger partial charge is 0.311 e. The molecule has 11 nitrogen and oxygen atoms in total. The molecule has 0 atom stereocenters. The summed E-state index contributed by atoms with van der Waals surface area (Å²) in [6.07, 6.45) is 2.42. The molecule has 1 aromatic carbocycles. The van der Waals surface area contributed by atoms with E-state index in [0.29, 0.717) is 17.0 Å². The number of phenols is 1. The molecule has 0 bridgehead atoms. The van der Waals surface area contributed by atoms with E-state index in [1.165, 1.54) is 24.5 Å². The fourth-order valence-electron chi connectivity index (χ4n) is 4.29. The van der Waals surface area contributed by atoms with E-state index in [4.69, 9.17) is 10.6 Å². The van der Waals surface area contributed by atoms with E-state index in [9.17, 15) is 15.2 Å². The molecule has 4 rings (SSSR count). The van der Waals surface area contributed by atoms with E-state index in [-0.39, 0.29) is 0 Å². The maximum Gasteiger partial charge on any atom is 0.311 e. The van der Waals surface area contributed by atoms with Gasteiger partial charge in [-0.15, -0.1) is 0 Å². The van der Waals surface area contributed by atoms with E-state index in [0.717, 1.165) is 68.1 Å². The molecule has 33 heavy (non-hydrogen) atoms. The van der Waals surface area contributed by atoms with Gasteiger partial charge in [-0.05, 0) is 38.0 Å². The van der Waals surface area contributed by atoms with Crippen LogP contribution >= 0.6 is 0 Å². The molecule has 3 heterocycles. The number of hydrogen-bond donors (Lipinski definition) is 2. The highest BCUT2D eigenvalue weighted by molar-refractivity contribution is 6.18. The SMILES string of the molecule is Cc1c(C)n(CCCN2CCOCC2)c2ncnc(C(=NN)c3ccc(O)c([N+](=O)[O-])c3)c12. The summed E-state index contributed by atoms with van der Waals surface area (Å²) in [6.45, 7) is 9.26. The topological polar surface area (TPSA) is 145 Å². The Balaban J connectivity index is 1.69. The number of phenolic OH excluding ortho intramolecular Hbond substituents is 1. The van der Waals surface area contributed by atoms with Gasteiger partial charge in [0.1, 0.15) is 23.4 Å². The summed E-state index contributed by atoms with van der Waals surface area (Å²) in [4.78, 5) is 22.0. The molecule has 11 heteroatoms. The maximum absolute atomic E-state index is 11.3. The number of ether oxygens (including phenoxy) is 1. The molecular formula is C22H27N7O4. The summed E-state index contributed by atoms with van der Waals surface area (Å²) < 4.78 is 7.59. The van der Waals surface area contributed by atoms with Crippen molar-refractivity contribution in [2.75, 3.05) is 32.8 Å². The minimum atomic E-state index is -0.650. The average molecular weight is 454 g/mol. The Labute approximate surface area is 190 Å². The van der Waals surface area contributed by atoms with Crippen LogP contribution in [0.15, 0.2) is 29.6 Å². The molecule has 3 N–H and O–H groups in total. The van der Waals surface area contributed by atoms with Crippen LogP contribution in [0.4, 0.5) is 5.69 Å². The monoisotopic (exact) mass is 453 g/mol. The van der Waals surface area contributed by atoms with Crippen molar-refractivity contribution in [2.24, 2.45) is 10.9 Å². The van der Waals surface area contributed by atoms with Crippen LogP contribution in [0.5, 0.6) is 5.75 Å². The number of rotatable bonds is 7. The van der Waals surface area contributed by atoms with Gasteiger partial charge >= 0.3 is 5.69 Å². The first-order valence-corrected chi connectivity index (χ1v) is 10.8. The van der Waals surface area contributed by atoms with Gasteiger partial charge in [0, 0.05) is 43.5 Å². The lowest BCUT2D eigenvalue weighted by Gasteiger charge is -2.26. The first kappa shape index (κ1) is 22.6. The Morgan fingerprint density at radius 1 is 1.27 bits per heavy atom. The van der Waals surface area contributed by atoms with Crippen LogP contribution in [0, 0.1) is 24.0 Å². The minimum absolute atomic E-state index is 0.291. The predicted octanol–water partition coefficient (Wildman–Crippen LogP) is 2.10. The molecule has 0 spiro atoms. The van der Waals surface area contributed by atoms with Gasteiger partial charge < -0.3 is 20.3 Å². The van der Waals surface area contributed by atoms with Gasteiger partial charge in [-0.3, -0.25) is 15.0 Å². The van der Waals surface area contributed by atoms with Gasteiger partial charge in [-0.25, -0.2) is 9.97 Å². The number of hydrazone groups is 1. The summed E-state index contributed by atoms with van der Waals surface area (Å²) in [5.41, 5.74) is 3.59. The third-order valence-corrected chi connectivity index (χ3v) is 6.16. The molecular weight excluding hydrogens is 426 g/mol. The van der Waals surface area contributed by atoms with Crippen molar-refractivity contribution in [3.63, 3.8) is 0 Å². The van der Waals surface area contributed by atoms with Crippen molar-refractivity contribution in [1.82, 2.24) is 19.4 Å². The molecule has 0 saturated carbocycles. The first-order valence-electron chi connectivity index (χ1n) is 10.8. The van der Waals surface area contributed by atoms with Crippen molar-refractivity contribution < 1.29 is 14.8 Å². The van der Waals surface area contributed by atoms with Crippen molar-refractivity contribution in [3.05, 3.63) is 57.2 Å². The Morgan fingerprint density at radius 2 is 2.03 bits per heavy atom.